The Labute approximate surface area is 204 Å². The molecule has 1 N–H and O–H groups in total. The van der Waals surface area contributed by atoms with Gasteiger partial charge in [0.15, 0.2) is 29.1 Å². The van der Waals surface area contributed by atoms with Crippen LogP contribution in [-0.2, 0) is 0 Å². The molecular formula is C25H32O10. The lowest BCUT2D eigenvalue weighted by molar-refractivity contribution is 0.203. The lowest BCUT2D eigenvalue weighted by Crippen LogP contribution is -2.19. The Morgan fingerprint density at radius 3 is 1.34 bits per heavy atom. The summed E-state index contributed by atoms with van der Waals surface area (Å²) in [7, 11) is 11.8. The van der Waals surface area contributed by atoms with Gasteiger partial charge in [0.2, 0.25) is 34.5 Å². The van der Waals surface area contributed by atoms with Crippen LogP contribution < -0.4 is 42.6 Å². The van der Waals surface area contributed by atoms with Gasteiger partial charge in [-0.3, -0.25) is 0 Å². The van der Waals surface area contributed by atoms with Crippen molar-refractivity contribution in [2.45, 2.75) is 20.0 Å². The van der Waals surface area contributed by atoms with Crippen LogP contribution in [0.25, 0.3) is 5.57 Å². The molecule has 0 aliphatic carbocycles. The van der Waals surface area contributed by atoms with E-state index in [1.165, 1.54) is 49.8 Å². The van der Waals surface area contributed by atoms with Crippen molar-refractivity contribution < 1.29 is 47.7 Å². The molecule has 10 nitrogen and oxygen atoms in total. The number of benzene rings is 2. The van der Waals surface area contributed by atoms with E-state index in [1.54, 1.807) is 7.11 Å². The molecule has 0 bridgehead atoms. The number of ether oxygens (including phenoxy) is 9. The Bertz CT molecular complexity index is 1120. The highest BCUT2D eigenvalue weighted by Gasteiger charge is 2.40. The van der Waals surface area contributed by atoms with Gasteiger partial charge in [-0.25, -0.2) is 0 Å². The molecule has 1 atom stereocenters. The van der Waals surface area contributed by atoms with Crippen molar-refractivity contribution in [1.29, 1.82) is 0 Å². The minimum absolute atomic E-state index is 0.0804. The van der Waals surface area contributed by atoms with E-state index in [1.807, 2.05) is 13.8 Å². The Morgan fingerprint density at radius 2 is 0.943 bits per heavy atom. The molecule has 0 fully saturated rings. The number of rotatable bonds is 9. The van der Waals surface area contributed by atoms with Gasteiger partial charge in [-0.1, -0.05) is 0 Å². The van der Waals surface area contributed by atoms with Crippen molar-refractivity contribution in [3.05, 3.63) is 16.7 Å². The Morgan fingerprint density at radius 1 is 0.543 bits per heavy atom. The van der Waals surface area contributed by atoms with Gasteiger partial charge in [0.25, 0.3) is 0 Å². The first-order valence-corrected chi connectivity index (χ1v) is 10.6. The number of methoxy groups -OCH3 is 8. The summed E-state index contributed by atoms with van der Waals surface area (Å²) in [5, 5.41) is 10.8. The van der Waals surface area contributed by atoms with Gasteiger partial charge in [0, 0.05) is 0 Å². The van der Waals surface area contributed by atoms with Crippen LogP contribution in [0.3, 0.4) is 0 Å². The number of hydrogen-bond donors (Lipinski definition) is 1. The summed E-state index contributed by atoms with van der Waals surface area (Å²) in [5.74, 6) is 2.21. The van der Waals surface area contributed by atoms with Gasteiger partial charge in [-0.2, -0.15) is 0 Å². The second kappa shape index (κ2) is 10.2. The third-order valence-electron chi connectivity index (χ3n) is 6.10. The standard InChI is InChI=1S/C25H32O10/c1-11-12(2)16(14-18(28-4)21(30-6)15(26)22(31-7)19(14)29-5)35-20-13(11)17(27-3)23(32-8)25(34-10)24(20)33-9/h16,26H,1-10H3. The normalized spacial score (nSPS) is 14.5. The summed E-state index contributed by atoms with van der Waals surface area (Å²) in [6, 6.07) is 0. The van der Waals surface area contributed by atoms with E-state index < -0.39 is 6.10 Å². The SMILES string of the molecule is COc1c(O)c(OC)c(OC)c(C2Oc3c(OC)c(OC)c(OC)c(OC)c3C(C)=C2C)c1OC. The highest BCUT2D eigenvalue weighted by molar-refractivity contribution is 5.87. The van der Waals surface area contributed by atoms with Crippen LogP contribution in [0.4, 0.5) is 0 Å². The number of hydrogen-bond acceptors (Lipinski definition) is 10. The summed E-state index contributed by atoms with van der Waals surface area (Å²) in [6.07, 6.45) is -0.743. The van der Waals surface area contributed by atoms with Crippen LogP contribution in [0.2, 0.25) is 0 Å². The lowest BCUT2D eigenvalue weighted by Gasteiger charge is -2.34. The highest BCUT2D eigenvalue weighted by atomic mass is 16.6. The van der Waals surface area contributed by atoms with E-state index in [9.17, 15) is 5.11 Å². The third kappa shape index (κ3) is 3.73. The molecule has 10 heteroatoms. The average molecular weight is 493 g/mol. The topological polar surface area (TPSA) is 103 Å². The second-order valence-electron chi connectivity index (χ2n) is 7.54. The molecule has 3 rings (SSSR count). The van der Waals surface area contributed by atoms with Gasteiger partial charge in [0.05, 0.1) is 68.0 Å². The first-order valence-electron chi connectivity index (χ1n) is 10.6. The predicted molar refractivity (Wildman–Crippen MR) is 129 cm³/mol. The third-order valence-corrected chi connectivity index (χ3v) is 6.10. The maximum atomic E-state index is 10.8. The predicted octanol–water partition coefficient (Wildman–Crippen LogP) is 4.39. The summed E-state index contributed by atoms with van der Waals surface area (Å²) >= 11 is 0. The van der Waals surface area contributed by atoms with Crippen LogP contribution >= 0.6 is 0 Å². The second-order valence-corrected chi connectivity index (χ2v) is 7.54. The monoisotopic (exact) mass is 492 g/mol. The van der Waals surface area contributed by atoms with Crippen molar-refractivity contribution >= 4 is 5.57 Å². The first kappa shape index (κ1) is 25.8. The number of allylic oxidation sites excluding steroid dienone is 1. The molecule has 1 aliphatic rings. The zero-order valence-electron chi connectivity index (χ0n) is 21.7. The van der Waals surface area contributed by atoms with Crippen molar-refractivity contribution in [3.8, 4) is 57.5 Å². The zero-order chi connectivity index (χ0) is 26.0. The fourth-order valence-electron chi connectivity index (χ4n) is 4.41. The lowest BCUT2D eigenvalue weighted by atomic mass is 9.89. The molecule has 0 saturated carbocycles. The van der Waals surface area contributed by atoms with E-state index in [0.29, 0.717) is 39.9 Å². The molecule has 0 radical (unpaired) electrons. The quantitative estimate of drug-likeness (QED) is 0.542. The molecule has 0 amide bonds. The molecule has 2 aromatic carbocycles. The minimum Gasteiger partial charge on any atom is -0.501 e. The first-order chi connectivity index (χ1) is 16.8. The number of fused-ring (bicyclic) bond motifs is 1. The molecule has 0 spiro atoms. The minimum atomic E-state index is -0.743. The van der Waals surface area contributed by atoms with Crippen molar-refractivity contribution in [2.75, 3.05) is 56.9 Å². The maximum absolute atomic E-state index is 10.8. The molecule has 0 aromatic heterocycles. The van der Waals surface area contributed by atoms with Gasteiger partial charge in [0.1, 0.15) is 0 Å². The smallest absolute Gasteiger partial charge is 0.211 e. The van der Waals surface area contributed by atoms with E-state index in [2.05, 4.69) is 0 Å². The van der Waals surface area contributed by atoms with Crippen LogP contribution in [0.5, 0.6) is 57.5 Å². The molecule has 0 saturated heterocycles. The molecule has 1 aliphatic heterocycles. The van der Waals surface area contributed by atoms with Gasteiger partial charge < -0.3 is 47.7 Å². The fourth-order valence-corrected chi connectivity index (χ4v) is 4.41. The fraction of sp³-hybridized carbons (Fsp3) is 0.440. The average Bonchev–Trinajstić information content (AvgIpc) is 2.87. The summed E-state index contributed by atoms with van der Waals surface area (Å²) < 4.78 is 51.5. The molecule has 192 valence electrons. The van der Waals surface area contributed by atoms with Crippen LogP contribution in [0.1, 0.15) is 31.1 Å². The summed E-state index contributed by atoms with van der Waals surface area (Å²) in [4.78, 5) is 0. The molecule has 35 heavy (non-hydrogen) atoms. The van der Waals surface area contributed by atoms with Crippen molar-refractivity contribution in [3.63, 3.8) is 0 Å². The van der Waals surface area contributed by atoms with Crippen LogP contribution in [-0.4, -0.2) is 62.0 Å². The molecule has 1 heterocycles. The number of aromatic hydroxyl groups is 1. The van der Waals surface area contributed by atoms with E-state index in [4.69, 9.17) is 42.6 Å². The largest absolute Gasteiger partial charge is 0.501 e. The van der Waals surface area contributed by atoms with Gasteiger partial charge in [-0.05, 0) is 25.0 Å². The van der Waals surface area contributed by atoms with E-state index >= 15 is 0 Å². The Hall–Kier alpha value is -3.82. The van der Waals surface area contributed by atoms with Crippen molar-refractivity contribution in [2.24, 2.45) is 0 Å². The maximum Gasteiger partial charge on any atom is 0.211 e. The van der Waals surface area contributed by atoms with Gasteiger partial charge in [-0.15, -0.1) is 0 Å². The zero-order valence-corrected chi connectivity index (χ0v) is 21.7. The number of phenols is 1. The Balaban J connectivity index is 2.45. The van der Waals surface area contributed by atoms with Crippen LogP contribution in [0, 0.1) is 0 Å². The highest BCUT2D eigenvalue weighted by Crippen LogP contribution is 2.62. The van der Waals surface area contributed by atoms with E-state index in [-0.39, 0.29) is 28.7 Å². The number of phenolic OH excluding ortho intramolecular Hbond substituents is 1. The van der Waals surface area contributed by atoms with Crippen LogP contribution in [0.15, 0.2) is 5.57 Å². The summed E-state index contributed by atoms with van der Waals surface area (Å²) in [5.41, 5.74) is 2.78. The van der Waals surface area contributed by atoms with Crippen molar-refractivity contribution in [1.82, 2.24) is 0 Å². The Kier molecular flexibility index (Phi) is 7.52. The van der Waals surface area contributed by atoms with E-state index in [0.717, 1.165) is 11.1 Å². The molecule has 1 unspecified atom stereocenters. The molecule has 2 aromatic rings. The molecular weight excluding hydrogens is 460 g/mol. The van der Waals surface area contributed by atoms with Gasteiger partial charge >= 0.3 is 0 Å². The summed E-state index contributed by atoms with van der Waals surface area (Å²) in [6.45, 7) is 3.85.